The Balaban J connectivity index is 1.91. The number of carbonyl (C=O) groups is 2. The summed E-state index contributed by atoms with van der Waals surface area (Å²) in [6.45, 7) is 0.422. The van der Waals surface area contributed by atoms with Gasteiger partial charge in [-0.2, -0.15) is 5.10 Å². The van der Waals surface area contributed by atoms with E-state index in [1.807, 2.05) is 0 Å². The zero-order valence-electron chi connectivity index (χ0n) is 9.06. The first-order chi connectivity index (χ1) is 7.65. The number of nitrogens with one attached hydrogen (secondary N) is 2. The van der Waals surface area contributed by atoms with Crippen LogP contribution >= 0.6 is 0 Å². The molecule has 0 aromatic carbocycles. The average Bonchev–Trinajstić information content (AvgIpc) is 2.65. The first kappa shape index (κ1) is 10.7. The van der Waals surface area contributed by atoms with E-state index < -0.39 is 0 Å². The predicted molar refractivity (Wildman–Crippen MR) is 57.6 cm³/mol. The summed E-state index contributed by atoms with van der Waals surface area (Å²) in [7, 11) is 1.79. The average molecular weight is 222 g/mol. The molecule has 1 atom stereocenters. The van der Waals surface area contributed by atoms with E-state index in [2.05, 4.69) is 15.7 Å². The van der Waals surface area contributed by atoms with E-state index in [-0.39, 0.29) is 17.7 Å². The van der Waals surface area contributed by atoms with Crippen LogP contribution in [-0.2, 0) is 16.6 Å². The van der Waals surface area contributed by atoms with Crippen LogP contribution in [0.2, 0.25) is 0 Å². The molecule has 6 nitrogen and oxygen atoms in total. The second-order valence-corrected chi connectivity index (χ2v) is 3.93. The molecule has 1 aliphatic rings. The molecular weight excluding hydrogens is 208 g/mol. The largest absolute Gasteiger partial charge is 0.355 e. The molecule has 0 radical (unpaired) electrons. The first-order valence-corrected chi connectivity index (χ1v) is 5.21. The molecule has 0 aliphatic carbocycles. The third-order valence-electron chi connectivity index (χ3n) is 2.61. The van der Waals surface area contributed by atoms with Gasteiger partial charge in [0, 0.05) is 26.2 Å². The van der Waals surface area contributed by atoms with Crippen molar-refractivity contribution in [3.63, 3.8) is 0 Å². The smallest absolute Gasteiger partial charge is 0.229 e. The Labute approximate surface area is 93.0 Å². The van der Waals surface area contributed by atoms with Crippen LogP contribution in [-0.4, -0.2) is 28.1 Å². The molecule has 86 valence electrons. The van der Waals surface area contributed by atoms with Crippen LogP contribution < -0.4 is 10.6 Å². The van der Waals surface area contributed by atoms with Crippen molar-refractivity contribution in [2.45, 2.75) is 12.8 Å². The van der Waals surface area contributed by atoms with Gasteiger partial charge in [-0.1, -0.05) is 0 Å². The van der Waals surface area contributed by atoms with Crippen LogP contribution in [0.1, 0.15) is 12.8 Å². The summed E-state index contributed by atoms with van der Waals surface area (Å²) in [4.78, 5) is 22.7. The highest BCUT2D eigenvalue weighted by Gasteiger charge is 2.24. The number of aryl methyl sites for hydroxylation is 1. The highest BCUT2D eigenvalue weighted by molar-refractivity contribution is 5.93. The molecule has 1 aromatic heterocycles. The maximum atomic E-state index is 11.8. The van der Waals surface area contributed by atoms with E-state index >= 15 is 0 Å². The van der Waals surface area contributed by atoms with Crippen LogP contribution in [0.4, 0.5) is 5.69 Å². The zero-order chi connectivity index (χ0) is 11.5. The Hall–Kier alpha value is -1.85. The molecule has 2 rings (SSSR count). The quantitative estimate of drug-likeness (QED) is 0.732. The van der Waals surface area contributed by atoms with E-state index in [1.54, 1.807) is 24.1 Å². The van der Waals surface area contributed by atoms with E-state index in [0.29, 0.717) is 25.1 Å². The molecule has 0 bridgehead atoms. The second-order valence-electron chi connectivity index (χ2n) is 3.93. The molecule has 1 unspecified atom stereocenters. The highest BCUT2D eigenvalue weighted by atomic mass is 16.2. The summed E-state index contributed by atoms with van der Waals surface area (Å²) in [5, 5.41) is 9.42. The minimum atomic E-state index is -0.141. The van der Waals surface area contributed by atoms with Crippen molar-refractivity contribution in [1.82, 2.24) is 15.1 Å². The Morgan fingerprint density at radius 2 is 2.50 bits per heavy atom. The molecule has 2 amide bonds. The topological polar surface area (TPSA) is 76.0 Å². The molecule has 2 N–H and O–H groups in total. The monoisotopic (exact) mass is 222 g/mol. The number of aromatic nitrogens is 2. The molecule has 6 heteroatoms. The molecule has 16 heavy (non-hydrogen) atoms. The van der Waals surface area contributed by atoms with E-state index in [0.717, 1.165) is 0 Å². The van der Waals surface area contributed by atoms with Crippen molar-refractivity contribution in [2.75, 3.05) is 11.9 Å². The summed E-state index contributed by atoms with van der Waals surface area (Å²) >= 11 is 0. The Morgan fingerprint density at radius 1 is 1.69 bits per heavy atom. The van der Waals surface area contributed by atoms with E-state index in [4.69, 9.17) is 0 Å². The van der Waals surface area contributed by atoms with E-state index in [9.17, 15) is 9.59 Å². The van der Waals surface area contributed by atoms with Gasteiger partial charge in [-0.15, -0.1) is 0 Å². The lowest BCUT2D eigenvalue weighted by Gasteiger charge is -2.21. The van der Waals surface area contributed by atoms with Gasteiger partial charge in [0.05, 0.1) is 17.8 Å². The number of nitrogens with zero attached hydrogens (tertiary/aromatic N) is 2. The fourth-order valence-corrected chi connectivity index (χ4v) is 1.69. The Kier molecular flexibility index (Phi) is 2.89. The number of hydrogen-bond acceptors (Lipinski definition) is 3. The van der Waals surface area contributed by atoms with Crippen molar-refractivity contribution in [1.29, 1.82) is 0 Å². The number of carbonyl (C=O) groups excluding carboxylic acids is 2. The maximum absolute atomic E-state index is 11.8. The van der Waals surface area contributed by atoms with Gasteiger partial charge in [-0.05, 0) is 6.42 Å². The second kappa shape index (κ2) is 4.34. The first-order valence-electron chi connectivity index (χ1n) is 5.21. The SMILES string of the molecule is Cn1cc(NC(=O)C2CCC(=O)NC2)cn1. The summed E-state index contributed by atoms with van der Waals surface area (Å²) in [6, 6.07) is 0. The molecule has 0 spiro atoms. The Bertz CT molecular complexity index is 403. The van der Waals surface area contributed by atoms with Crippen LogP contribution in [0.3, 0.4) is 0 Å². The number of rotatable bonds is 2. The molecule has 2 heterocycles. The molecule has 1 saturated heterocycles. The van der Waals surface area contributed by atoms with Gasteiger partial charge in [-0.3, -0.25) is 14.3 Å². The fourth-order valence-electron chi connectivity index (χ4n) is 1.69. The van der Waals surface area contributed by atoms with E-state index in [1.165, 1.54) is 0 Å². The Morgan fingerprint density at radius 3 is 3.06 bits per heavy atom. The number of piperidine rings is 1. The van der Waals surface area contributed by atoms with Gasteiger partial charge in [0.2, 0.25) is 11.8 Å². The summed E-state index contributed by atoms with van der Waals surface area (Å²) < 4.78 is 1.62. The maximum Gasteiger partial charge on any atom is 0.229 e. The van der Waals surface area contributed by atoms with Gasteiger partial charge in [0.15, 0.2) is 0 Å². The van der Waals surface area contributed by atoms with Crippen LogP contribution in [0.25, 0.3) is 0 Å². The van der Waals surface area contributed by atoms with Crippen molar-refractivity contribution >= 4 is 17.5 Å². The lowest BCUT2D eigenvalue weighted by atomic mass is 9.98. The van der Waals surface area contributed by atoms with Gasteiger partial charge < -0.3 is 10.6 Å². The predicted octanol–water partition coefficient (Wildman–Crippen LogP) is -0.115. The zero-order valence-corrected chi connectivity index (χ0v) is 9.06. The third kappa shape index (κ3) is 2.39. The molecule has 1 aliphatic heterocycles. The van der Waals surface area contributed by atoms with Crippen LogP contribution in [0.5, 0.6) is 0 Å². The molecule has 0 saturated carbocycles. The van der Waals surface area contributed by atoms with Crippen molar-refractivity contribution in [3.8, 4) is 0 Å². The van der Waals surface area contributed by atoms with Gasteiger partial charge >= 0.3 is 0 Å². The van der Waals surface area contributed by atoms with Gasteiger partial charge in [0.1, 0.15) is 0 Å². The normalized spacial score (nSPS) is 20.3. The number of anilines is 1. The number of amides is 2. The minimum Gasteiger partial charge on any atom is -0.355 e. The van der Waals surface area contributed by atoms with Crippen LogP contribution in [0.15, 0.2) is 12.4 Å². The lowest BCUT2D eigenvalue weighted by molar-refractivity contribution is -0.126. The third-order valence-corrected chi connectivity index (χ3v) is 2.61. The van der Waals surface area contributed by atoms with Crippen molar-refractivity contribution < 1.29 is 9.59 Å². The fraction of sp³-hybridized carbons (Fsp3) is 0.500. The summed E-state index contributed by atoms with van der Waals surface area (Å²) in [5.41, 5.74) is 0.685. The van der Waals surface area contributed by atoms with Crippen molar-refractivity contribution in [2.24, 2.45) is 13.0 Å². The van der Waals surface area contributed by atoms with Gasteiger partial charge in [-0.25, -0.2) is 0 Å². The minimum absolute atomic E-state index is 0.0189. The molecule has 1 aromatic rings. The highest BCUT2D eigenvalue weighted by Crippen LogP contribution is 2.13. The standard InChI is InChI=1S/C10H14N4O2/c1-14-6-8(5-12-14)13-10(16)7-2-3-9(15)11-4-7/h5-7H,2-4H2,1H3,(H,11,15)(H,13,16). The summed E-state index contributed by atoms with van der Waals surface area (Å²) in [5.74, 6) is -0.184. The van der Waals surface area contributed by atoms with Gasteiger partial charge in [0.25, 0.3) is 0 Å². The summed E-state index contributed by atoms with van der Waals surface area (Å²) in [6.07, 6.45) is 4.36. The van der Waals surface area contributed by atoms with Crippen LogP contribution in [0, 0.1) is 5.92 Å². The lowest BCUT2D eigenvalue weighted by Crippen LogP contribution is -2.40. The molecular formula is C10H14N4O2. The van der Waals surface area contributed by atoms with Crippen molar-refractivity contribution in [3.05, 3.63) is 12.4 Å². The number of hydrogen-bond donors (Lipinski definition) is 2. The molecule has 1 fully saturated rings.